The molecule has 0 saturated carbocycles. The Morgan fingerprint density at radius 1 is 1.38 bits per heavy atom. The van der Waals surface area contributed by atoms with Crippen LogP contribution in [-0.4, -0.2) is 5.97 Å². The number of nitrogens with zero attached hydrogens (tertiary/aromatic N) is 1. The maximum Gasteiger partial charge on any atom is 0.338 e. The first-order chi connectivity index (χ1) is 10.0. The van der Waals surface area contributed by atoms with Gasteiger partial charge in [0.15, 0.2) is 0 Å². The van der Waals surface area contributed by atoms with Crippen LogP contribution in [0.25, 0.3) is 0 Å². The largest absolute Gasteiger partial charge is 0.457 e. The van der Waals surface area contributed by atoms with Crippen LogP contribution in [0.5, 0.6) is 0 Å². The molecule has 6 heteroatoms. The average molecular weight is 349 g/mol. The number of anilines is 1. The maximum absolute atomic E-state index is 13.8. The van der Waals surface area contributed by atoms with Crippen LogP contribution in [-0.2, 0) is 11.3 Å². The lowest BCUT2D eigenvalue weighted by molar-refractivity contribution is 0.0469. The van der Waals surface area contributed by atoms with Gasteiger partial charge in [0.05, 0.1) is 11.1 Å². The van der Waals surface area contributed by atoms with Crippen molar-refractivity contribution >= 4 is 27.6 Å². The van der Waals surface area contributed by atoms with Crippen LogP contribution in [0.15, 0.2) is 40.9 Å². The fourth-order valence-electron chi connectivity index (χ4n) is 1.67. The first kappa shape index (κ1) is 15.0. The molecule has 0 amide bonds. The minimum Gasteiger partial charge on any atom is -0.457 e. The highest BCUT2D eigenvalue weighted by Crippen LogP contribution is 2.21. The molecule has 0 atom stereocenters. The number of nitrogen functional groups attached to an aromatic ring is 1. The number of nitriles is 1. The van der Waals surface area contributed by atoms with E-state index in [1.807, 2.05) is 0 Å². The summed E-state index contributed by atoms with van der Waals surface area (Å²) < 4.78 is 19.5. The zero-order valence-electron chi connectivity index (χ0n) is 10.8. The molecule has 0 spiro atoms. The molecule has 0 radical (unpaired) electrons. The number of benzene rings is 2. The Balaban J connectivity index is 2.11. The Bertz CT molecular complexity index is 741. The molecule has 21 heavy (non-hydrogen) atoms. The first-order valence-electron chi connectivity index (χ1n) is 5.92. The van der Waals surface area contributed by atoms with Gasteiger partial charge < -0.3 is 10.5 Å². The van der Waals surface area contributed by atoms with Gasteiger partial charge in [-0.15, -0.1) is 0 Å². The molecule has 4 nitrogen and oxygen atoms in total. The van der Waals surface area contributed by atoms with Gasteiger partial charge in [-0.25, -0.2) is 9.18 Å². The van der Waals surface area contributed by atoms with Gasteiger partial charge in [0.1, 0.15) is 18.5 Å². The molecule has 2 rings (SSSR count). The summed E-state index contributed by atoms with van der Waals surface area (Å²) in [7, 11) is 0. The molecule has 2 aromatic rings. The smallest absolute Gasteiger partial charge is 0.338 e. The molecule has 0 aliphatic carbocycles. The normalized spacial score (nSPS) is 9.95. The van der Waals surface area contributed by atoms with E-state index in [0.717, 1.165) is 0 Å². The van der Waals surface area contributed by atoms with E-state index in [9.17, 15) is 9.18 Å². The fraction of sp³-hybridized carbons (Fsp3) is 0.0667. The second-order valence-electron chi connectivity index (χ2n) is 4.20. The van der Waals surface area contributed by atoms with E-state index >= 15 is 0 Å². The van der Waals surface area contributed by atoms with Gasteiger partial charge >= 0.3 is 5.97 Å². The SMILES string of the molecule is N#Cc1cccc(COC(=O)c2ccc(Br)c(N)c2)c1F. The Hall–Kier alpha value is -2.39. The van der Waals surface area contributed by atoms with Crippen molar-refractivity contribution in [2.24, 2.45) is 0 Å². The van der Waals surface area contributed by atoms with Crippen LogP contribution in [0.2, 0.25) is 0 Å². The second-order valence-corrected chi connectivity index (χ2v) is 5.06. The zero-order chi connectivity index (χ0) is 15.4. The van der Waals surface area contributed by atoms with E-state index in [4.69, 9.17) is 15.7 Å². The minimum atomic E-state index is -0.678. The summed E-state index contributed by atoms with van der Waals surface area (Å²) in [5.74, 6) is -1.29. The lowest BCUT2D eigenvalue weighted by Gasteiger charge is -2.07. The summed E-state index contributed by atoms with van der Waals surface area (Å²) in [4.78, 5) is 11.9. The average Bonchev–Trinajstić information content (AvgIpc) is 2.48. The molecular formula is C15H10BrFN2O2. The van der Waals surface area contributed by atoms with Crippen LogP contribution in [0, 0.1) is 17.1 Å². The van der Waals surface area contributed by atoms with Crippen molar-refractivity contribution in [2.75, 3.05) is 5.73 Å². The fourth-order valence-corrected chi connectivity index (χ4v) is 1.92. The second kappa shape index (κ2) is 6.37. The monoisotopic (exact) mass is 348 g/mol. The topological polar surface area (TPSA) is 76.1 Å². The number of nitrogens with two attached hydrogens (primary N) is 1. The lowest BCUT2D eigenvalue weighted by Crippen LogP contribution is -2.07. The van der Waals surface area contributed by atoms with E-state index in [1.54, 1.807) is 18.2 Å². The number of esters is 1. The van der Waals surface area contributed by atoms with Gasteiger partial charge in [-0.2, -0.15) is 5.26 Å². The minimum absolute atomic E-state index is 0.0866. The zero-order valence-corrected chi connectivity index (χ0v) is 12.4. The third-order valence-electron chi connectivity index (χ3n) is 2.79. The molecule has 2 N–H and O–H groups in total. The van der Waals surface area contributed by atoms with Crippen molar-refractivity contribution in [1.82, 2.24) is 0 Å². The van der Waals surface area contributed by atoms with Crippen LogP contribution >= 0.6 is 15.9 Å². The van der Waals surface area contributed by atoms with Gasteiger partial charge in [0.2, 0.25) is 0 Å². The maximum atomic E-state index is 13.8. The Morgan fingerprint density at radius 2 is 2.14 bits per heavy atom. The van der Waals surface area contributed by atoms with Crippen LogP contribution in [0.4, 0.5) is 10.1 Å². The standard InChI is InChI=1S/C15H10BrFN2O2/c16-12-5-4-9(6-13(12)19)15(20)21-8-11-3-1-2-10(7-18)14(11)17/h1-6H,8,19H2. The quantitative estimate of drug-likeness (QED) is 0.681. The van der Waals surface area contributed by atoms with Crippen molar-refractivity contribution < 1.29 is 13.9 Å². The summed E-state index contributed by atoms with van der Waals surface area (Å²) in [6.07, 6.45) is 0. The summed E-state index contributed by atoms with van der Waals surface area (Å²) >= 11 is 3.22. The Morgan fingerprint density at radius 3 is 2.81 bits per heavy atom. The number of carbonyl (C=O) groups excluding carboxylic acids is 1. The van der Waals surface area contributed by atoms with E-state index in [0.29, 0.717) is 10.2 Å². The molecule has 0 saturated heterocycles. The summed E-state index contributed by atoms with van der Waals surface area (Å²) in [5, 5.41) is 8.74. The predicted molar refractivity (Wildman–Crippen MR) is 78.8 cm³/mol. The lowest BCUT2D eigenvalue weighted by atomic mass is 10.1. The van der Waals surface area contributed by atoms with Crippen molar-refractivity contribution in [3.05, 3.63) is 63.4 Å². The molecular weight excluding hydrogens is 339 g/mol. The van der Waals surface area contributed by atoms with Crippen molar-refractivity contribution in [1.29, 1.82) is 5.26 Å². The summed E-state index contributed by atoms with van der Waals surface area (Å²) in [5.41, 5.74) is 6.41. The molecule has 0 aliphatic rings. The molecule has 0 bridgehead atoms. The number of hydrogen-bond acceptors (Lipinski definition) is 4. The molecule has 0 aromatic heterocycles. The van der Waals surface area contributed by atoms with Gasteiger partial charge in [0.25, 0.3) is 0 Å². The summed E-state index contributed by atoms with van der Waals surface area (Å²) in [6.45, 7) is -0.254. The van der Waals surface area contributed by atoms with Crippen molar-refractivity contribution in [3.8, 4) is 6.07 Å². The van der Waals surface area contributed by atoms with E-state index in [2.05, 4.69) is 15.9 Å². The highest BCUT2D eigenvalue weighted by atomic mass is 79.9. The summed E-state index contributed by atoms with van der Waals surface area (Å²) in [6, 6.07) is 10.7. The predicted octanol–water partition coefficient (Wildman–Crippen LogP) is 3.40. The number of ether oxygens (including phenoxy) is 1. The van der Waals surface area contributed by atoms with E-state index < -0.39 is 11.8 Å². The molecule has 0 heterocycles. The molecule has 106 valence electrons. The van der Waals surface area contributed by atoms with Gasteiger partial charge in [0, 0.05) is 15.7 Å². The third-order valence-corrected chi connectivity index (χ3v) is 3.51. The van der Waals surface area contributed by atoms with Crippen LogP contribution in [0.3, 0.4) is 0 Å². The molecule has 0 aliphatic heterocycles. The number of hydrogen-bond donors (Lipinski definition) is 1. The number of rotatable bonds is 3. The third kappa shape index (κ3) is 3.38. The molecule has 0 fully saturated rings. The highest BCUT2D eigenvalue weighted by molar-refractivity contribution is 9.10. The van der Waals surface area contributed by atoms with Gasteiger partial charge in [-0.05, 0) is 40.2 Å². The van der Waals surface area contributed by atoms with Gasteiger partial charge in [-0.3, -0.25) is 0 Å². The Kier molecular flexibility index (Phi) is 4.55. The van der Waals surface area contributed by atoms with E-state index in [-0.39, 0.29) is 23.3 Å². The van der Waals surface area contributed by atoms with Crippen LogP contribution in [0.1, 0.15) is 21.5 Å². The molecule has 2 aromatic carbocycles. The first-order valence-corrected chi connectivity index (χ1v) is 6.72. The van der Waals surface area contributed by atoms with Crippen molar-refractivity contribution in [3.63, 3.8) is 0 Å². The highest BCUT2D eigenvalue weighted by Gasteiger charge is 2.12. The Labute approximate surface area is 129 Å². The molecule has 0 unspecified atom stereocenters. The van der Waals surface area contributed by atoms with E-state index in [1.165, 1.54) is 24.3 Å². The number of halogens is 2. The van der Waals surface area contributed by atoms with Crippen molar-refractivity contribution in [2.45, 2.75) is 6.61 Å². The van der Waals surface area contributed by atoms with Crippen LogP contribution < -0.4 is 5.73 Å². The number of carbonyl (C=O) groups is 1. The van der Waals surface area contributed by atoms with Gasteiger partial charge in [-0.1, -0.05) is 12.1 Å².